The largest absolute Gasteiger partial charge is 0.416 e. The summed E-state index contributed by atoms with van der Waals surface area (Å²) in [6, 6.07) is 20.1. The van der Waals surface area contributed by atoms with Crippen molar-refractivity contribution in [3.05, 3.63) is 89.6 Å². The van der Waals surface area contributed by atoms with E-state index in [1.54, 1.807) is 12.1 Å². The first-order chi connectivity index (χ1) is 12.5. The van der Waals surface area contributed by atoms with Gasteiger partial charge in [-0.2, -0.15) is 13.2 Å². The van der Waals surface area contributed by atoms with Crippen molar-refractivity contribution in [2.24, 2.45) is 0 Å². The molecule has 4 heteroatoms. The summed E-state index contributed by atoms with van der Waals surface area (Å²) in [4.78, 5) is 0. The van der Waals surface area contributed by atoms with Crippen LogP contribution in [0, 0.1) is 0 Å². The summed E-state index contributed by atoms with van der Waals surface area (Å²) in [5.74, 6) is 0. The summed E-state index contributed by atoms with van der Waals surface area (Å²) >= 11 is 0. The first-order valence-corrected chi connectivity index (χ1v) is 8.41. The monoisotopic (exact) mass is 349 g/mol. The van der Waals surface area contributed by atoms with Crippen LogP contribution >= 0.6 is 0 Å². The van der Waals surface area contributed by atoms with E-state index in [4.69, 9.17) is 0 Å². The van der Waals surface area contributed by atoms with Crippen molar-refractivity contribution < 1.29 is 13.2 Å². The first-order valence-electron chi connectivity index (χ1n) is 8.41. The molecule has 1 aliphatic rings. The van der Waals surface area contributed by atoms with Gasteiger partial charge < -0.3 is 4.57 Å². The molecule has 128 valence electrons. The predicted octanol–water partition coefficient (Wildman–Crippen LogP) is 6.22. The Kier molecular flexibility index (Phi) is 3.08. The average molecular weight is 349 g/mol. The van der Waals surface area contributed by atoms with Crippen molar-refractivity contribution >= 4 is 10.9 Å². The van der Waals surface area contributed by atoms with E-state index in [0.717, 1.165) is 23.7 Å². The van der Waals surface area contributed by atoms with E-state index in [-0.39, 0.29) is 0 Å². The van der Waals surface area contributed by atoms with Crippen molar-refractivity contribution in [3.8, 4) is 16.8 Å². The van der Waals surface area contributed by atoms with E-state index < -0.39 is 11.7 Å². The third kappa shape index (κ3) is 2.18. The fourth-order valence-corrected chi connectivity index (χ4v) is 3.90. The Balaban J connectivity index is 1.69. The minimum absolute atomic E-state index is 0.591. The van der Waals surface area contributed by atoms with Crippen molar-refractivity contribution in [1.82, 2.24) is 4.57 Å². The molecule has 0 saturated heterocycles. The quantitative estimate of drug-likeness (QED) is 0.338. The number of aromatic nitrogens is 1. The number of benzene rings is 3. The molecule has 1 nitrogen and oxygen atoms in total. The lowest BCUT2D eigenvalue weighted by Crippen LogP contribution is -2.04. The van der Waals surface area contributed by atoms with Crippen LogP contribution in [0.1, 0.15) is 16.7 Å². The predicted molar refractivity (Wildman–Crippen MR) is 96.5 cm³/mol. The second-order valence-electron chi connectivity index (χ2n) is 6.59. The standard InChI is InChI=1S/C22H14F3N/c23-22(24,25)16-8-9-20-15(12-16)10-11-26(20)21-7-3-6-18-17-5-2-1-4-14(17)13-19(18)21/h1-12H,13H2. The summed E-state index contributed by atoms with van der Waals surface area (Å²) in [5, 5.41) is 0.591. The van der Waals surface area contributed by atoms with Gasteiger partial charge in [-0.05, 0) is 52.6 Å². The zero-order valence-electron chi connectivity index (χ0n) is 13.7. The molecule has 0 spiro atoms. The van der Waals surface area contributed by atoms with Gasteiger partial charge in [-0.3, -0.25) is 0 Å². The van der Waals surface area contributed by atoms with E-state index in [9.17, 15) is 13.2 Å². The Morgan fingerprint density at radius 2 is 1.62 bits per heavy atom. The molecule has 4 aromatic rings. The van der Waals surface area contributed by atoms with Crippen LogP contribution in [-0.4, -0.2) is 4.57 Å². The van der Waals surface area contributed by atoms with Crippen LogP contribution in [-0.2, 0) is 12.6 Å². The SMILES string of the molecule is FC(F)(F)c1ccc2c(ccn2-c2cccc3c2Cc2ccccc2-3)c1. The van der Waals surface area contributed by atoms with Gasteiger partial charge in [0.25, 0.3) is 0 Å². The topological polar surface area (TPSA) is 4.93 Å². The van der Waals surface area contributed by atoms with Gasteiger partial charge in [-0.1, -0.05) is 36.4 Å². The highest BCUT2D eigenvalue weighted by Crippen LogP contribution is 2.40. The van der Waals surface area contributed by atoms with E-state index in [0.29, 0.717) is 5.39 Å². The third-order valence-electron chi connectivity index (χ3n) is 5.10. The Hall–Kier alpha value is -3.01. The normalized spacial score (nSPS) is 13.0. The molecule has 1 aliphatic carbocycles. The van der Waals surface area contributed by atoms with Crippen LogP contribution in [0.15, 0.2) is 72.9 Å². The van der Waals surface area contributed by atoms with Crippen molar-refractivity contribution in [2.75, 3.05) is 0 Å². The zero-order chi connectivity index (χ0) is 17.9. The lowest BCUT2D eigenvalue weighted by atomic mass is 10.0. The molecule has 0 bridgehead atoms. The van der Waals surface area contributed by atoms with Crippen LogP contribution < -0.4 is 0 Å². The second-order valence-corrected chi connectivity index (χ2v) is 6.59. The Morgan fingerprint density at radius 1 is 0.808 bits per heavy atom. The summed E-state index contributed by atoms with van der Waals surface area (Å²) in [7, 11) is 0. The molecule has 1 heterocycles. The van der Waals surface area contributed by atoms with Crippen molar-refractivity contribution in [1.29, 1.82) is 0 Å². The lowest BCUT2D eigenvalue weighted by Gasteiger charge is -2.12. The molecule has 0 atom stereocenters. The van der Waals surface area contributed by atoms with Gasteiger partial charge in [0.05, 0.1) is 11.1 Å². The Morgan fingerprint density at radius 3 is 2.46 bits per heavy atom. The molecule has 0 aliphatic heterocycles. The van der Waals surface area contributed by atoms with Crippen LogP contribution in [0.5, 0.6) is 0 Å². The fraction of sp³-hybridized carbons (Fsp3) is 0.0909. The highest BCUT2D eigenvalue weighted by Gasteiger charge is 2.30. The van der Waals surface area contributed by atoms with Gasteiger partial charge in [-0.15, -0.1) is 0 Å². The van der Waals surface area contributed by atoms with E-state index in [1.165, 1.54) is 28.3 Å². The van der Waals surface area contributed by atoms with Gasteiger partial charge in [0.15, 0.2) is 0 Å². The number of fused-ring (bicyclic) bond motifs is 4. The molecular weight excluding hydrogens is 335 g/mol. The van der Waals surface area contributed by atoms with Gasteiger partial charge in [-0.25, -0.2) is 0 Å². The molecule has 0 fully saturated rings. The summed E-state index contributed by atoms with van der Waals surface area (Å²) in [5.41, 5.74) is 6.12. The molecule has 0 saturated carbocycles. The number of hydrogen-bond donors (Lipinski definition) is 0. The number of rotatable bonds is 1. The minimum Gasteiger partial charge on any atom is -0.316 e. The Bertz CT molecular complexity index is 1150. The average Bonchev–Trinajstić information content (AvgIpc) is 3.21. The number of nitrogens with zero attached hydrogens (tertiary/aromatic N) is 1. The third-order valence-corrected chi connectivity index (χ3v) is 5.10. The van der Waals surface area contributed by atoms with Crippen LogP contribution in [0.2, 0.25) is 0 Å². The van der Waals surface area contributed by atoms with Gasteiger partial charge in [0, 0.05) is 23.7 Å². The van der Waals surface area contributed by atoms with Crippen LogP contribution in [0.3, 0.4) is 0 Å². The molecule has 0 amide bonds. The summed E-state index contributed by atoms with van der Waals surface area (Å²) in [6.45, 7) is 0. The van der Waals surface area contributed by atoms with Gasteiger partial charge >= 0.3 is 6.18 Å². The van der Waals surface area contributed by atoms with E-state index in [1.807, 2.05) is 35.0 Å². The van der Waals surface area contributed by atoms with Crippen LogP contribution in [0.4, 0.5) is 13.2 Å². The summed E-state index contributed by atoms with van der Waals surface area (Å²) < 4.78 is 40.9. The Labute approximate surface area is 148 Å². The lowest BCUT2D eigenvalue weighted by molar-refractivity contribution is -0.137. The van der Waals surface area contributed by atoms with E-state index >= 15 is 0 Å². The smallest absolute Gasteiger partial charge is 0.316 e. The molecule has 5 rings (SSSR count). The number of alkyl halides is 3. The van der Waals surface area contributed by atoms with Crippen LogP contribution in [0.25, 0.3) is 27.7 Å². The fourth-order valence-electron chi connectivity index (χ4n) is 3.90. The second kappa shape index (κ2) is 5.24. The van der Waals surface area contributed by atoms with Gasteiger partial charge in [0.1, 0.15) is 0 Å². The maximum atomic E-state index is 13.0. The molecule has 3 aromatic carbocycles. The maximum absolute atomic E-state index is 13.0. The molecule has 0 radical (unpaired) electrons. The van der Waals surface area contributed by atoms with Crippen molar-refractivity contribution in [2.45, 2.75) is 12.6 Å². The molecule has 0 unspecified atom stereocenters. The first kappa shape index (κ1) is 15.3. The highest BCUT2D eigenvalue weighted by atomic mass is 19.4. The molecule has 1 aromatic heterocycles. The number of hydrogen-bond acceptors (Lipinski definition) is 0. The molecular formula is C22H14F3N. The molecule has 0 N–H and O–H groups in total. The van der Waals surface area contributed by atoms with Crippen molar-refractivity contribution in [3.63, 3.8) is 0 Å². The maximum Gasteiger partial charge on any atom is 0.416 e. The molecule has 26 heavy (non-hydrogen) atoms. The van der Waals surface area contributed by atoms with E-state index in [2.05, 4.69) is 18.2 Å². The van der Waals surface area contributed by atoms with Gasteiger partial charge in [0.2, 0.25) is 0 Å². The zero-order valence-corrected chi connectivity index (χ0v) is 13.7. The summed E-state index contributed by atoms with van der Waals surface area (Å²) in [6.07, 6.45) is -1.64. The highest BCUT2D eigenvalue weighted by molar-refractivity contribution is 5.85. The number of halogens is 3. The minimum atomic E-state index is -4.33.